The number of fused-ring (bicyclic) bond motifs is 1. The summed E-state index contributed by atoms with van der Waals surface area (Å²) in [5.41, 5.74) is 1.55. The molecule has 1 aliphatic rings. The molecule has 3 heterocycles. The highest BCUT2D eigenvalue weighted by atomic mass is 16.6. The fraction of sp³-hybridized carbons (Fsp3) is 0.455. The van der Waals surface area contributed by atoms with Crippen LogP contribution in [0.5, 0.6) is 0 Å². The van der Waals surface area contributed by atoms with E-state index >= 15 is 0 Å². The Bertz CT molecular complexity index is 1120. The molecular weight excluding hydrogens is 414 g/mol. The number of imidazole rings is 1. The second kappa shape index (κ2) is 8.62. The molecule has 2 amide bonds. The van der Waals surface area contributed by atoms with Gasteiger partial charge in [-0.2, -0.15) is 0 Å². The van der Waals surface area contributed by atoms with Crippen LogP contribution in [0.1, 0.15) is 49.7 Å². The zero-order chi connectivity index (χ0) is 22.9. The zero-order valence-electron chi connectivity index (χ0n) is 18.4. The summed E-state index contributed by atoms with van der Waals surface area (Å²) < 4.78 is 12.4. The molecule has 1 saturated heterocycles. The monoisotopic (exact) mass is 441 g/mol. The van der Waals surface area contributed by atoms with Crippen LogP contribution >= 0.6 is 0 Å². The van der Waals surface area contributed by atoms with Gasteiger partial charge in [-0.25, -0.2) is 9.78 Å². The van der Waals surface area contributed by atoms with E-state index in [9.17, 15) is 14.7 Å². The summed E-state index contributed by atoms with van der Waals surface area (Å²) in [5.74, 6) is -0.0831. The third kappa shape index (κ3) is 4.59. The second-order valence-electron chi connectivity index (χ2n) is 8.83. The molecule has 1 aromatic carbocycles. The van der Waals surface area contributed by atoms with E-state index in [0.717, 1.165) is 18.4 Å². The van der Waals surface area contributed by atoms with Crippen LogP contribution in [0, 0.1) is 0 Å². The van der Waals surface area contributed by atoms with Crippen molar-refractivity contribution in [2.45, 2.75) is 58.4 Å². The van der Waals surface area contributed by atoms with Crippen molar-refractivity contribution in [1.29, 1.82) is 0 Å². The lowest BCUT2D eigenvalue weighted by Gasteiger charge is -2.29. The quantitative estimate of drug-likeness (QED) is 0.623. The van der Waals surface area contributed by atoms with Gasteiger partial charge in [0, 0.05) is 19.2 Å². The lowest BCUT2D eigenvalue weighted by atomic mass is 10.2. The zero-order valence-corrected chi connectivity index (χ0v) is 18.4. The first kappa shape index (κ1) is 21.8. The normalized spacial score (nSPS) is 16.5. The number of anilines is 1. The Balaban J connectivity index is 1.65. The Morgan fingerprint density at radius 2 is 2.12 bits per heavy atom. The van der Waals surface area contributed by atoms with Crippen LogP contribution in [-0.4, -0.2) is 54.9 Å². The average molecular weight is 441 g/mol. The Labute approximate surface area is 185 Å². The summed E-state index contributed by atoms with van der Waals surface area (Å²) in [6.07, 6.45) is 2.72. The molecule has 3 aromatic rings. The Morgan fingerprint density at radius 1 is 1.31 bits per heavy atom. The maximum atomic E-state index is 12.7. The molecule has 1 unspecified atom stereocenters. The minimum atomic E-state index is -0.581. The Morgan fingerprint density at radius 3 is 2.81 bits per heavy atom. The molecule has 0 bridgehead atoms. The predicted molar refractivity (Wildman–Crippen MR) is 116 cm³/mol. The highest BCUT2D eigenvalue weighted by Crippen LogP contribution is 2.27. The van der Waals surface area contributed by atoms with Gasteiger partial charge in [-0.3, -0.25) is 10.1 Å². The predicted octanol–water partition coefficient (Wildman–Crippen LogP) is 3.17. The number of ether oxygens (including phenoxy) is 1. The molecular formula is C22H27N5O5. The van der Waals surface area contributed by atoms with Crippen molar-refractivity contribution in [3.63, 3.8) is 0 Å². The van der Waals surface area contributed by atoms with E-state index in [1.54, 1.807) is 11.0 Å². The fourth-order valence-corrected chi connectivity index (χ4v) is 3.85. The van der Waals surface area contributed by atoms with Gasteiger partial charge >= 0.3 is 6.09 Å². The van der Waals surface area contributed by atoms with E-state index in [0.29, 0.717) is 30.1 Å². The summed E-state index contributed by atoms with van der Waals surface area (Å²) in [5, 5.41) is 15.8. The van der Waals surface area contributed by atoms with Gasteiger partial charge in [-0.05, 0) is 51.3 Å². The van der Waals surface area contributed by atoms with Crippen molar-refractivity contribution >= 4 is 29.0 Å². The lowest BCUT2D eigenvalue weighted by Crippen LogP contribution is -2.41. The number of aliphatic hydroxyl groups is 1. The second-order valence-corrected chi connectivity index (χ2v) is 8.83. The van der Waals surface area contributed by atoms with Crippen LogP contribution in [0.3, 0.4) is 0 Å². The van der Waals surface area contributed by atoms with Crippen LogP contribution in [-0.2, 0) is 17.9 Å². The summed E-state index contributed by atoms with van der Waals surface area (Å²) in [6.45, 7) is 6.46. The topological polar surface area (TPSA) is 123 Å². The number of benzene rings is 1. The molecule has 10 heteroatoms. The van der Waals surface area contributed by atoms with E-state index in [2.05, 4.69) is 15.5 Å². The highest BCUT2D eigenvalue weighted by molar-refractivity contribution is 6.02. The molecule has 10 nitrogen and oxygen atoms in total. The number of nitrogens with zero attached hydrogens (tertiary/aromatic N) is 4. The number of carbonyl (C=O) groups is 2. The number of aromatic nitrogens is 3. The smallest absolute Gasteiger partial charge is 0.410 e. The number of carbonyl (C=O) groups excluding carboxylic acids is 2. The summed E-state index contributed by atoms with van der Waals surface area (Å²) in [6, 6.07) is 6.79. The maximum absolute atomic E-state index is 12.7. The van der Waals surface area contributed by atoms with Crippen molar-refractivity contribution in [1.82, 2.24) is 19.6 Å². The third-order valence-electron chi connectivity index (χ3n) is 5.28. The van der Waals surface area contributed by atoms with Gasteiger partial charge in [-0.15, -0.1) is 0 Å². The van der Waals surface area contributed by atoms with Crippen molar-refractivity contribution in [2.24, 2.45) is 0 Å². The molecule has 0 saturated carbocycles. The van der Waals surface area contributed by atoms with Gasteiger partial charge in [-0.1, -0.05) is 11.2 Å². The highest BCUT2D eigenvalue weighted by Gasteiger charge is 2.33. The number of likely N-dealkylation sites (tertiary alicyclic amines) is 1. The van der Waals surface area contributed by atoms with Crippen molar-refractivity contribution in [2.75, 3.05) is 11.9 Å². The first-order chi connectivity index (χ1) is 15.2. The van der Waals surface area contributed by atoms with E-state index in [1.807, 2.05) is 37.5 Å². The molecule has 0 radical (unpaired) electrons. The maximum Gasteiger partial charge on any atom is 0.410 e. The molecule has 2 N–H and O–H groups in total. The molecule has 2 aromatic heterocycles. The van der Waals surface area contributed by atoms with Crippen LogP contribution in [0.2, 0.25) is 0 Å². The van der Waals surface area contributed by atoms with Gasteiger partial charge in [0.05, 0.1) is 29.9 Å². The molecule has 1 aliphatic heterocycles. The molecule has 1 atom stereocenters. The van der Waals surface area contributed by atoms with E-state index in [-0.39, 0.29) is 24.5 Å². The van der Waals surface area contributed by atoms with Gasteiger partial charge in [0.15, 0.2) is 0 Å². The van der Waals surface area contributed by atoms with Crippen molar-refractivity contribution < 1.29 is 24.0 Å². The van der Waals surface area contributed by atoms with Crippen LogP contribution < -0.4 is 5.32 Å². The number of aliphatic hydroxyl groups excluding tert-OH is 1. The van der Waals surface area contributed by atoms with E-state index in [1.165, 1.54) is 12.3 Å². The SMILES string of the molecule is CC(C)(C)OC(=O)N1CCCC1Cn1c(NC(=O)c2ccno2)nc2cc(CO)ccc21. The van der Waals surface area contributed by atoms with Gasteiger partial charge < -0.3 is 23.8 Å². The number of amides is 2. The molecule has 1 fully saturated rings. The number of hydrogen-bond donors (Lipinski definition) is 2. The average Bonchev–Trinajstić information content (AvgIpc) is 3.47. The van der Waals surface area contributed by atoms with Crippen LogP contribution in [0.15, 0.2) is 35.0 Å². The standard InChI is InChI=1S/C22H27N5O5/c1-22(2,3)31-21(30)26-10-4-5-15(26)12-27-17-7-6-14(13-28)11-16(17)24-20(27)25-19(29)18-8-9-23-32-18/h6-9,11,15,28H,4-5,10,12-13H2,1-3H3,(H,24,25,29). The van der Waals surface area contributed by atoms with E-state index in [4.69, 9.17) is 9.26 Å². The summed E-state index contributed by atoms with van der Waals surface area (Å²) in [4.78, 5) is 31.6. The number of rotatable bonds is 5. The minimum Gasteiger partial charge on any atom is -0.444 e. The largest absolute Gasteiger partial charge is 0.444 e. The van der Waals surface area contributed by atoms with Gasteiger partial charge in [0.25, 0.3) is 5.91 Å². The lowest BCUT2D eigenvalue weighted by molar-refractivity contribution is 0.0215. The van der Waals surface area contributed by atoms with E-state index < -0.39 is 11.5 Å². The van der Waals surface area contributed by atoms with Crippen molar-refractivity contribution in [3.05, 3.63) is 41.8 Å². The molecule has 4 rings (SSSR count). The van der Waals surface area contributed by atoms with Gasteiger partial charge in [0.2, 0.25) is 11.7 Å². The summed E-state index contributed by atoms with van der Waals surface area (Å²) >= 11 is 0. The third-order valence-corrected chi connectivity index (χ3v) is 5.28. The molecule has 170 valence electrons. The van der Waals surface area contributed by atoms with Crippen molar-refractivity contribution in [3.8, 4) is 0 Å². The Kier molecular flexibility index (Phi) is 5.88. The summed E-state index contributed by atoms with van der Waals surface area (Å²) in [7, 11) is 0. The number of nitrogens with one attached hydrogen (secondary N) is 1. The molecule has 0 aliphatic carbocycles. The number of hydrogen-bond acceptors (Lipinski definition) is 7. The van der Waals surface area contributed by atoms with Crippen LogP contribution in [0.4, 0.5) is 10.7 Å². The van der Waals surface area contributed by atoms with Gasteiger partial charge in [0.1, 0.15) is 5.60 Å². The minimum absolute atomic E-state index is 0.0656. The first-order valence-electron chi connectivity index (χ1n) is 10.6. The molecule has 0 spiro atoms. The first-order valence-corrected chi connectivity index (χ1v) is 10.6. The van der Waals surface area contributed by atoms with Crippen LogP contribution in [0.25, 0.3) is 11.0 Å². The fourth-order valence-electron chi connectivity index (χ4n) is 3.85. The molecule has 32 heavy (non-hydrogen) atoms. The Hall–Kier alpha value is -3.40.